The first kappa shape index (κ1) is 11.9. The molecule has 0 fully saturated rings. The molecule has 0 unspecified atom stereocenters. The third kappa shape index (κ3) is 2.43. The van der Waals surface area contributed by atoms with E-state index >= 15 is 0 Å². The number of halogens is 5. The number of alkyl halides is 3. The van der Waals surface area contributed by atoms with E-state index in [1.165, 1.54) is 13.8 Å². The summed E-state index contributed by atoms with van der Waals surface area (Å²) in [6.07, 6.45) is -4.90. The minimum atomic E-state index is -4.90. The van der Waals surface area contributed by atoms with Crippen LogP contribution in [0.5, 0.6) is 0 Å². The van der Waals surface area contributed by atoms with Gasteiger partial charge in [0.1, 0.15) is 5.82 Å². The maximum absolute atomic E-state index is 13.0. The van der Waals surface area contributed by atoms with E-state index in [4.69, 9.17) is 0 Å². The van der Waals surface area contributed by atoms with E-state index in [0.717, 1.165) is 0 Å². The van der Waals surface area contributed by atoms with Crippen molar-refractivity contribution in [1.82, 2.24) is 4.98 Å². The fourth-order valence-electron chi connectivity index (χ4n) is 1.08. The van der Waals surface area contributed by atoms with Crippen LogP contribution in [0.2, 0.25) is 0 Å². The van der Waals surface area contributed by atoms with Gasteiger partial charge in [0.2, 0.25) is 0 Å². The van der Waals surface area contributed by atoms with Crippen LogP contribution in [-0.4, -0.2) is 4.98 Å². The monoisotopic (exact) mass is 225 g/mol. The van der Waals surface area contributed by atoms with Crippen LogP contribution in [0.3, 0.4) is 0 Å². The van der Waals surface area contributed by atoms with Crippen molar-refractivity contribution in [3.05, 3.63) is 29.1 Å². The van der Waals surface area contributed by atoms with E-state index in [0.29, 0.717) is 0 Å². The van der Waals surface area contributed by atoms with E-state index in [2.05, 4.69) is 4.98 Å². The van der Waals surface area contributed by atoms with Crippen molar-refractivity contribution < 1.29 is 22.0 Å². The summed E-state index contributed by atoms with van der Waals surface area (Å²) in [5.74, 6) is -3.29. The lowest BCUT2D eigenvalue weighted by atomic mass is 10.1. The largest absolute Gasteiger partial charge is 0.436 e. The average molecular weight is 225 g/mol. The van der Waals surface area contributed by atoms with Crippen molar-refractivity contribution >= 4 is 0 Å². The molecule has 0 atom stereocenters. The summed E-state index contributed by atoms with van der Waals surface area (Å²) < 4.78 is 62.4. The summed E-state index contributed by atoms with van der Waals surface area (Å²) in [6, 6.07) is 0.213. The summed E-state index contributed by atoms with van der Waals surface area (Å²) >= 11 is 0. The second-order valence-electron chi connectivity index (χ2n) is 3.34. The molecular formula is C9H8F5N. The smallest absolute Gasteiger partial charge is 0.242 e. The van der Waals surface area contributed by atoms with Crippen LogP contribution in [0, 0.1) is 11.6 Å². The molecule has 0 aromatic carbocycles. The molecule has 84 valence electrons. The predicted molar refractivity (Wildman–Crippen MR) is 43.2 cm³/mol. The third-order valence-electron chi connectivity index (χ3n) is 1.77. The first-order chi connectivity index (χ1) is 6.73. The Hall–Kier alpha value is -1.20. The van der Waals surface area contributed by atoms with Gasteiger partial charge in [0.25, 0.3) is 0 Å². The molecule has 0 amide bonds. The molecular weight excluding hydrogens is 217 g/mol. The van der Waals surface area contributed by atoms with Gasteiger partial charge in [-0.2, -0.15) is 13.2 Å². The van der Waals surface area contributed by atoms with Crippen molar-refractivity contribution in [2.24, 2.45) is 0 Å². The van der Waals surface area contributed by atoms with Gasteiger partial charge < -0.3 is 0 Å². The topological polar surface area (TPSA) is 12.9 Å². The Morgan fingerprint density at radius 3 is 2.07 bits per heavy atom. The van der Waals surface area contributed by atoms with Gasteiger partial charge in [0.15, 0.2) is 11.5 Å². The fraction of sp³-hybridized carbons (Fsp3) is 0.444. The normalized spacial score (nSPS) is 12.3. The first-order valence-electron chi connectivity index (χ1n) is 4.16. The molecule has 1 aromatic rings. The molecule has 0 aliphatic carbocycles. The van der Waals surface area contributed by atoms with Gasteiger partial charge in [-0.05, 0) is 5.92 Å². The average Bonchev–Trinajstić information content (AvgIpc) is 2.00. The van der Waals surface area contributed by atoms with Crippen LogP contribution in [0.4, 0.5) is 22.0 Å². The van der Waals surface area contributed by atoms with Crippen LogP contribution in [0.1, 0.15) is 31.2 Å². The van der Waals surface area contributed by atoms with Crippen molar-refractivity contribution in [2.75, 3.05) is 0 Å². The quantitative estimate of drug-likeness (QED) is 0.666. The highest BCUT2D eigenvalue weighted by Crippen LogP contribution is 2.31. The van der Waals surface area contributed by atoms with Crippen LogP contribution >= 0.6 is 0 Å². The first-order valence-corrected chi connectivity index (χ1v) is 4.16. The molecule has 0 spiro atoms. The maximum Gasteiger partial charge on any atom is 0.436 e. The van der Waals surface area contributed by atoms with Crippen molar-refractivity contribution in [2.45, 2.75) is 25.9 Å². The molecule has 1 rings (SSSR count). The van der Waals surface area contributed by atoms with E-state index < -0.39 is 29.4 Å². The van der Waals surface area contributed by atoms with Crippen LogP contribution in [0.15, 0.2) is 6.07 Å². The SMILES string of the molecule is CC(C)c1nc(C(F)(F)F)c(F)cc1F. The molecule has 1 aromatic heterocycles. The van der Waals surface area contributed by atoms with Crippen LogP contribution < -0.4 is 0 Å². The molecule has 0 saturated heterocycles. The van der Waals surface area contributed by atoms with E-state index in [1.54, 1.807) is 0 Å². The van der Waals surface area contributed by atoms with Crippen molar-refractivity contribution in [3.63, 3.8) is 0 Å². The minimum absolute atomic E-state index is 0.213. The Bertz CT molecular complexity index is 370. The number of hydrogen-bond donors (Lipinski definition) is 0. The third-order valence-corrected chi connectivity index (χ3v) is 1.77. The molecule has 1 nitrogen and oxygen atoms in total. The number of pyridine rings is 1. The summed E-state index contributed by atoms with van der Waals surface area (Å²) in [5.41, 5.74) is -2.06. The molecule has 0 aliphatic rings. The Balaban J connectivity index is 3.37. The van der Waals surface area contributed by atoms with E-state index in [9.17, 15) is 22.0 Å². The summed E-state index contributed by atoms with van der Waals surface area (Å²) in [7, 11) is 0. The van der Waals surface area contributed by atoms with Crippen molar-refractivity contribution in [3.8, 4) is 0 Å². The Morgan fingerprint density at radius 2 is 1.67 bits per heavy atom. The number of rotatable bonds is 1. The van der Waals surface area contributed by atoms with Gasteiger partial charge in [-0.3, -0.25) is 0 Å². The number of nitrogens with zero attached hydrogens (tertiary/aromatic N) is 1. The zero-order valence-corrected chi connectivity index (χ0v) is 7.99. The molecule has 15 heavy (non-hydrogen) atoms. The molecule has 1 heterocycles. The highest BCUT2D eigenvalue weighted by atomic mass is 19.4. The summed E-state index contributed by atoms with van der Waals surface area (Å²) in [5, 5.41) is 0. The lowest BCUT2D eigenvalue weighted by Crippen LogP contribution is -2.14. The molecule has 0 aliphatic heterocycles. The summed E-state index contributed by atoms with van der Waals surface area (Å²) in [6.45, 7) is 2.95. The molecule has 0 radical (unpaired) electrons. The van der Waals surface area contributed by atoms with E-state index in [-0.39, 0.29) is 11.8 Å². The lowest BCUT2D eigenvalue weighted by Gasteiger charge is -2.11. The molecule has 0 N–H and O–H groups in total. The van der Waals surface area contributed by atoms with Crippen LogP contribution in [-0.2, 0) is 6.18 Å². The second-order valence-corrected chi connectivity index (χ2v) is 3.34. The highest BCUT2D eigenvalue weighted by Gasteiger charge is 2.37. The standard InChI is InChI=1S/C9H8F5N/c1-4(2)7-5(10)3-6(11)8(15-7)9(12,13)14/h3-4H,1-2H3. The van der Waals surface area contributed by atoms with Gasteiger partial charge in [-0.15, -0.1) is 0 Å². The van der Waals surface area contributed by atoms with Gasteiger partial charge in [0, 0.05) is 6.07 Å². The lowest BCUT2D eigenvalue weighted by molar-refractivity contribution is -0.143. The Kier molecular flexibility index (Phi) is 2.97. The second kappa shape index (κ2) is 3.75. The van der Waals surface area contributed by atoms with Crippen LogP contribution in [0.25, 0.3) is 0 Å². The highest BCUT2D eigenvalue weighted by molar-refractivity contribution is 5.19. The predicted octanol–water partition coefficient (Wildman–Crippen LogP) is 3.50. The van der Waals surface area contributed by atoms with Gasteiger partial charge in [-0.1, -0.05) is 13.8 Å². The van der Waals surface area contributed by atoms with Crippen molar-refractivity contribution in [1.29, 1.82) is 0 Å². The van der Waals surface area contributed by atoms with E-state index in [1.807, 2.05) is 0 Å². The van der Waals surface area contributed by atoms with Gasteiger partial charge in [0.05, 0.1) is 5.69 Å². The zero-order chi connectivity index (χ0) is 11.8. The minimum Gasteiger partial charge on any atom is -0.242 e. The van der Waals surface area contributed by atoms with Gasteiger partial charge in [-0.25, -0.2) is 13.8 Å². The summed E-state index contributed by atoms with van der Waals surface area (Å²) in [4.78, 5) is 2.97. The number of aromatic nitrogens is 1. The fourth-order valence-corrected chi connectivity index (χ4v) is 1.08. The number of hydrogen-bond acceptors (Lipinski definition) is 1. The zero-order valence-electron chi connectivity index (χ0n) is 7.99. The maximum atomic E-state index is 13.0. The molecule has 0 bridgehead atoms. The Morgan fingerprint density at radius 1 is 1.13 bits per heavy atom. The van der Waals surface area contributed by atoms with Gasteiger partial charge >= 0.3 is 6.18 Å². The molecule has 6 heteroatoms. The Labute approximate surface area is 82.9 Å². The molecule has 0 saturated carbocycles.